The highest BCUT2D eigenvalue weighted by molar-refractivity contribution is 5.79. The average molecular weight is 611 g/mol. The van der Waals surface area contributed by atoms with E-state index in [2.05, 4.69) is 13.8 Å². The largest absolute Gasteiger partial charge is 0.511 e. The topological polar surface area (TPSA) is 105 Å². The van der Waals surface area contributed by atoms with Crippen LogP contribution in [0.2, 0.25) is 0 Å². The summed E-state index contributed by atoms with van der Waals surface area (Å²) in [7, 11) is 0. The Kier molecular flexibility index (Phi) is 10.1. The van der Waals surface area contributed by atoms with Gasteiger partial charge in [0.05, 0.1) is 0 Å². The van der Waals surface area contributed by atoms with Crippen LogP contribution >= 0.6 is 0 Å². The Bertz CT molecular complexity index is 1200. The molecule has 0 spiro atoms. The summed E-state index contributed by atoms with van der Waals surface area (Å²) in [6.07, 6.45) is 8.68. The summed E-state index contributed by atoms with van der Waals surface area (Å²) in [5.41, 5.74) is 1.30. The standard InChI is InChI=1S/C36H50O8/c1-23(18-32(38)41-21-25-8-6-5-7-9-25)19-33(39)42-22-43-34(40)44-27-14-16-35(3)26(20-27)10-11-28-30-13-12-29(24(2)37)36(30,4)17-15-31(28)35/h5-9,23,26-31H,10-22H2,1-4H3/t23?,26-,27+,28-,29?,30-,31-,35-,36+/m0/s1. The van der Waals surface area contributed by atoms with Crippen LogP contribution in [0.4, 0.5) is 4.79 Å². The number of rotatable bonds is 10. The molecule has 1 aromatic rings. The van der Waals surface area contributed by atoms with Crippen molar-refractivity contribution in [2.24, 2.45) is 46.3 Å². The van der Waals surface area contributed by atoms with Crippen molar-refractivity contribution in [3.63, 3.8) is 0 Å². The molecule has 0 saturated heterocycles. The van der Waals surface area contributed by atoms with Crippen LogP contribution in [0.1, 0.15) is 104 Å². The lowest BCUT2D eigenvalue weighted by molar-refractivity contribution is -0.157. The first-order valence-corrected chi connectivity index (χ1v) is 16.7. The molecule has 0 heterocycles. The van der Waals surface area contributed by atoms with Crippen LogP contribution in [0, 0.1) is 46.3 Å². The van der Waals surface area contributed by atoms with Gasteiger partial charge in [0.2, 0.25) is 6.79 Å². The monoisotopic (exact) mass is 610 g/mol. The molecular weight excluding hydrogens is 560 g/mol. The SMILES string of the molecule is CC(=O)C1CC[C@H]2[C@@H]3CC[C@H]4C[C@H](OC(=O)OCOC(=O)CC(C)CC(=O)OCc5ccccc5)CC[C@]4(C)[C@H]3CC[C@]12C. The second-order valence-corrected chi connectivity index (χ2v) is 14.6. The molecular formula is C36H50O8. The first-order chi connectivity index (χ1) is 21.0. The quantitative estimate of drug-likeness (QED) is 0.153. The zero-order valence-corrected chi connectivity index (χ0v) is 26.9. The molecule has 4 fully saturated rings. The van der Waals surface area contributed by atoms with Crippen LogP contribution in [-0.2, 0) is 39.9 Å². The Morgan fingerprint density at radius 2 is 1.50 bits per heavy atom. The van der Waals surface area contributed by atoms with Gasteiger partial charge >= 0.3 is 18.1 Å². The Balaban J connectivity index is 1.01. The molecule has 0 aliphatic heterocycles. The molecule has 5 rings (SSSR count). The van der Waals surface area contributed by atoms with Crippen LogP contribution in [-0.4, -0.2) is 36.8 Å². The van der Waals surface area contributed by atoms with Crippen molar-refractivity contribution in [2.75, 3.05) is 6.79 Å². The highest BCUT2D eigenvalue weighted by Gasteiger charge is 2.61. The highest BCUT2D eigenvalue weighted by atomic mass is 16.8. The lowest BCUT2D eigenvalue weighted by atomic mass is 9.44. The molecule has 0 aromatic heterocycles. The minimum Gasteiger partial charge on any atom is -0.461 e. The molecule has 4 aliphatic rings. The maximum Gasteiger partial charge on any atom is 0.511 e. The predicted octanol–water partition coefficient (Wildman–Crippen LogP) is 7.42. The Labute approximate surface area is 261 Å². The fraction of sp³-hybridized carbons (Fsp3) is 0.722. The fourth-order valence-corrected chi connectivity index (χ4v) is 9.80. The van der Waals surface area contributed by atoms with Crippen LogP contribution in [0.5, 0.6) is 0 Å². The summed E-state index contributed by atoms with van der Waals surface area (Å²) in [6, 6.07) is 9.41. The average Bonchev–Trinajstić information content (AvgIpc) is 3.34. The van der Waals surface area contributed by atoms with Gasteiger partial charge in [0.25, 0.3) is 0 Å². The summed E-state index contributed by atoms with van der Waals surface area (Å²) in [5, 5.41) is 0. The second kappa shape index (κ2) is 13.6. The van der Waals surface area contributed by atoms with Gasteiger partial charge in [-0.15, -0.1) is 0 Å². The molecule has 0 bridgehead atoms. The van der Waals surface area contributed by atoms with E-state index in [1.54, 1.807) is 13.8 Å². The van der Waals surface area contributed by atoms with Gasteiger partial charge in [0.1, 0.15) is 18.5 Å². The van der Waals surface area contributed by atoms with E-state index in [1.807, 2.05) is 30.3 Å². The Morgan fingerprint density at radius 1 is 0.818 bits per heavy atom. The van der Waals surface area contributed by atoms with Gasteiger partial charge in [-0.3, -0.25) is 14.4 Å². The van der Waals surface area contributed by atoms with Crippen molar-refractivity contribution in [3.8, 4) is 0 Å². The third-order valence-electron chi connectivity index (χ3n) is 12.0. The first-order valence-electron chi connectivity index (χ1n) is 16.7. The second-order valence-electron chi connectivity index (χ2n) is 14.6. The molecule has 0 N–H and O–H groups in total. The molecule has 1 aromatic carbocycles. The van der Waals surface area contributed by atoms with Gasteiger partial charge in [-0.2, -0.15) is 0 Å². The molecule has 0 radical (unpaired) electrons. The van der Waals surface area contributed by atoms with Crippen LogP contribution < -0.4 is 0 Å². The van der Waals surface area contributed by atoms with E-state index in [-0.39, 0.29) is 54.2 Å². The van der Waals surface area contributed by atoms with Gasteiger partial charge in [-0.05, 0) is 111 Å². The summed E-state index contributed by atoms with van der Waals surface area (Å²) >= 11 is 0. The van der Waals surface area contributed by atoms with Crippen molar-refractivity contribution >= 4 is 23.9 Å². The van der Waals surface area contributed by atoms with Crippen LogP contribution in [0.25, 0.3) is 0 Å². The Hall–Kier alpha value is -2.90. The number of benzene rings is 1. The van der Waals surface area contributed by atoms with E-state index in [9.17, 15) is 19.2 Å². The van der Waals surface area contributed by atoms with E-state index in [4.69, 9.17) is 18.9 Å². The van der Waals surface area contributed by atoms with E-state index >= 15 is 0 Å². The van der Waals surface area contributed by atoms with E-state index in [1.165, 1.54) is 19.3 Å². The minimum absolute atomic E-state index is 0.0132. The molecule has 8 heteroatoms. The third-order valence-corrected chi connectivity index (χ3v) is 12.0. The molecule has 2 unspecified atom stereocenters. The molecule has 0 amide bonds. The first kappa shape index (κ1) is 32.5. The van der Waals surface area contributed by atoms with Gasteiger partial charge in [-0.25, -0.2) is 4.79 Å². The highest BCUT2D eigenvalue weighted by Crippen LogP contribution is 2.67. The summed E-state index contributed by atoms with van der Waals surface area (Å²) < 4.78 is 21.1. The molecule has 44 heavy (non-hydrogen) atoms. The lowest BCUT2D eigenvalue weighted by Crippen LogP contribution is -2.54. The number of hydrogen-bond acceptors (Lipinski definition) is 8. The van der Waals surface area contributed by atoms with Gasteiger partial charge in [0, 0.05) is 18.8 Å². The van der Waals surface area contributed by atoms with E-state index in [0.29, 0.717) is 29.5 Å². The zero-order chi connectivity index (χ0) is 31.5. The smallest absolute Gasteiger partial charge is 0.461 e. The normalized spacial score (nSPS) is 34.8. The molecule has 4 aliphatic carbocycles. The zero-order valence-electron chi connectivity index (χ0n) is 26.9. The van der Waals surface area contributed by atoms with Crippen LogP contribution in [0.15, 0.2) is 30.3 Å². The number of carbonyl (C=O) groups excluding carboxylic acids is 4. The number of fused-ring (bicyclic) bond motifs is 5. The van der Waals surface area contributed by atoms with Gasteiger partial charge < -0.3 is 18.9 Å². The lowest BCUT2D eigenvalue weighted by Gasteiger charge is -2.61. The van der Waals surface area contributed by atoms with Crippen molar-refractivity contribution in [3.05, 3.63) is 35.9 Å². The van der Waals surface area contributed by atoms with E-state index in [0.717, 1.165) is 44.1 Å². The number of ketones is 1. The van der Waals surface area contributed by atoms with Crippen molar-refractivity contribution in [1.29, 1.82) is 0 Å². The molecule has 242 valence electrons. The van der Waals surface area contributed by atoms with Crippen molar-refractivity contribution in [2.45, 2.75) is 111 Å². The summed E-state index contributed by atoms with van der Waals surface area (Å²) in [5.74, 6) is 1.92. The van der Waals surface area contributed by atoms with Crippen LogP contribution in [0.3, 0.4) is 0 Å². The fourth-order valence-electron chi connectivity index (χ4n) is 9.80. The minimum atomic E-state index is -0.813. The number of esters is 2. The molecule has 4 saturated carbocycles. The molecule has 9 atom stereocenters. The van der Waals surface area contributed by atoms with Crippen molar-refractivity contribution in [1.82, 2.24) is 0 Å². The van der Waals surface area contributed by atoms with E-state index < -0.39 is 18.9 Å². The summed E-state index contributed by atoms with van der Waals surface area (Å²) in [4.78, 5) is 49.2. The van der Waals surface area contributed by atoms with Gasteiger partial charge in [-0.1, -0.05) is 51.1 Å². The predicted molar refractivity (Wildman–Crippen MR) is 163 cm³/mol. The third kappa shape index (κ3) is 6.99. The summed E-state index contributed by atoms with van der Waals surface area (Å²) in [6.45, 7) is 8.09. The van der Waals surface area contributed by atoms with Gasteiger partial charge in [0.15, 0.2) is 0 Å². The maximum absolute atomic E-state index is 12.4. The number of carbonyl (C=O) groups is 4. The maximum atomic E-state index is 12.4. The Morgan fingerprint density at radius 3 is 2.23 bits per heavy atom. The molecule has 8 nitrogen and oxygen atoms in total. The van der Waals surface area contributed by atoms with Crippen molar-refractivity contribution < 1.29 is 38.1 Å². The number of Topliss-reactive ketones (excluding diaryl/α,β-unsaturated/α-hetero) is 1. The number of hydrogen-bond donors (Lipinski definition) is 0. The number of ether oxygens (including phenoxy) is 4.